The van der Waals surface area contributed by atoms with Gasteiger partial charge in [-0.05, 0) is 64.2 Å². The molecule has 3 heteroatoms. The van der Waals surface area contributed by atoms with Gasteiger partial charge < -0.3 is 9.32 Å². The zero-order chi connectivity index (χ0) is 30.9. The Morgan fingerprint density at radius 2 is 1.09 bits per heavy atom. The van der Waals surface area contributed by atoms with Gasteiger partial charge in [-0.25, -0.2) is 0 Å². The molecule has 0 spiro atoms. The fourth-order valence-electron chi connectivity index (χ4n) is 7.27. The quantitative estimate of drug-likeness (QED) is 0.183. The Morgan fingerprint density at radius 1 is 0.426 bits per heavy atom. The molecule has 0 aliphatic rings. The van der Waals surface area contributed by atoms with Crippen molar-refractivity contribution in [3.63, 3.8) is 0 Å². The molecule has 10 rings (SSSR count). The van der Waals surface area contributed by atoms with Crippen LogP contribution in [0.5, 0.6) is 0 Å². The van der Waals surface area contributed by atoms with E-state index in [0.717, 1.165) is 50.1 Å². The van der Waals surface area contributed by atoms with Crippen LogP contribution < -0.4 is 4.90 Å². The second kappa shape index (κ2) is 10.3. The first-order chi connectivity index (χ1) is 23.3. The second-order valence-corrected chi connectivity index (χ2v) is 13.2. The van der Waals surface area contributed by atoms with Crippen LogP contribution in [0.15, 0.2) is 168 Å². The molecule has 220 valence electrons. The molecule has 10 aromatic rings. The maximum absolute atomic E-state index is 6.40. The Kier molecular flexibility index (Phi) is 5.78. The van der Waals surface area contributed by atoms with Gasteiger partial charge >= 0.3 is 0 Å². The molecule has 0 radical (unpaired) electrons. The third-order valence-corrected chi connectivity index (χ3v) is 10.6. The van der Waals surface area contributed by atoms with Crippen molar-refractivity contribution in [3.05, 3.63) is 164 Å². The summed E-state index contributed by atoms with van der Waals surface area (Å²) in [4.78, 5) is 2.42. The van der Waals surface area contributed by atoms with Crippen molar-refractivity contribution in [2.75, 3.05) is 4.90 Å². The van der Waals surface area contributed by atoms with Gasteiger partial charge in [0.05, 0.1) is 5.69 Å². The largest absolute Gasteiger partial charge is 0.455 e. The van der Waals surface area contributed by atoms with Crippen molar-refractivity contribution in [3.8, 4) is 11.1 Å². The molecule has 0 N–H and O–H groups in total. The van der Waals surface area contributed by atoms with Gasteiger partial charge in [-0.2, -0.15) is 0 Å². The van der Waals surface area contributed by atoms with Gasteiger partial charge in [-0.1, -0.05) is 121 Å². The van der Waals surface area contributed by atoms with E-state index >= 15 is 0 Å². The summed E-state index contributed by atoms with van der Waals surface area (Å²) in [6.07, 6.45) is 0. The molecule has 0 aliphatic carbocycles. The Hall–Kier alpha value is -5.90. The van der Waals surface area contributed by atoms with Crippen LogP contribution in [0, 0.1) is 0 Å². The number of furan rings is 1. The molecule has 0 amide bonds. The van der Waals surface area contributed by atoms with E-state index in [1.807, 2.05) is 23.5 Å². The van der Waals surface area contributed by atoms with Crippen LogP contribution in [0.25, 0.3) is 74.8 Å². The molecule has 0 aliphatic heterocycles. The van der Waals surface area contributed by atoms with Crippen LogP contribution >= 0.6 is 11.3 Å². The lowest BCUT2D eigenvalue weighted by molar-refractivity contribution is 0.670. The number of rotatable bonds is 4. The molecule has 8 aromatic carbocycles. The number of fused-ring (bicyclic) bond motifs is 9. The van der Waals surface area contributed by atoms with E-state index in [1.165, 1.54) is 41.7 Å². The van der Waals surface area contributed by atoms with E-state index < -0.39 is 0 Å². The highest BCUT2D eigenvalue weighted by Crippen LogP contribution is 2.45. The Bertz CT molecular complexity index is 2810. The molecular formula is C44H27NOS. The lowest BCUT2D eigenvalue weighted by atomic mass is 9.98. The molecule has 0 bridgehead atoms. The third kappa shape index (κ3) is 4.10. The predicted molar refractivity (Wildman–Crippen MR) is 202 cm³/mol. The highest BCUT2D eigenvalue weighted by molar-refractivity contribution is 7.25. The Balaban J connectivity index is 1.19. The van der Waals surface area contributed by atoms with Crippen LogP contribution in [0.3, 0.4) is 0 Å². The summed E-state index contributed by atoms with van der Waals surface area (Å²) in [6, 6.07) is 59.1. The van der Waals surface area contributed by atoms with Gasteiger partial charge in [0, 0.05) is 53.3 Å². The van der Waals surface area contributed by atoms with Crippen LogP contribution in [0.4, 0.5) is 17.1 Å². The predicted octanol–water partition coefficient (Wildman–Crippen LogP) is 13.4. The molecule has 2 heterocycles. The fraction of sp³-hybridized carbons (Fsp3) is 0. The normalized spacial score (nSPS) is 11.8. The van der Waals surface area contributed by atoms with Gasteiger partial charge in [0.1, 0.15) is 11.2 Å². The van der Waals surface area contributed by atoms with Crippen molar-refractivity contribution in [1.29, 1.82) is 0 Å². The minimum Gasteiger partial charge on any atom is -0.455 e. The van der Waals surface area contributed by atoms with Crippen LogP contribution in [-0.2, 0) is 0 Å². The molecule has 0 saturated heterocycles. The summed E-state index contributed by atoms with van der Waals surface area (Å²) in [6.45, 7) is 0. The van der Waals surface area contributed by atoms with Crippen molar-refractivity contribution in [1.82, 2.24) is 0 Å². The molecule has 2 nitrogen and oxygen atoms in total. The minimum atomic E-state index is 0.914. The summed E-state index contributed by atoms with van der Waals surface area (Å²) in [7, 11) is 0. The maximum atomic E-state index is 6.40. The summed E-state index contributed by atoms with van der Waals surface area (Å²) in [5.74, 6) is 0. The SMILES string of the molecule is c1ccc2c(c1)cc(N(c1ccc(-c3cccc4c3oc3ccccc34)cc1)c1ccc3c(c1)sc1ccccc13)c1ccccc12. The van der Waals surface area contributed by atoms with E-state index in [-0.39, 0.29) is 0 Å². The van der Waals surface area contributed by atoms with Gasteiger partial charge in [0.25, 0.3) is 0 Å². The van der Waals surface area contributed by atoms with Gasteiger partial charge in [0.2, 0.25) is 0 Å². The maximum Gasteiger partial charge on any atom is 0.143 e. The van der Waals surface area contributed by atoms with Crippen LogP contribution in [-0.4, -0.2) is 0 Å². The summed E-state index contributed by atoms with van der Waals surface area (Å²) < 4.78 is 9.00. The smallest absolute Gasteiger partial charge is 0.143 e. The molecule has 2 aromatic heterocycles. The number of hydrogen-bond acceptors (Lipinski definition) is 3. The van der Waals surface area contributed by atoms with Crippen LogP contribution in [0.1, 0.15) is 0 Å². The number of anilines is 3. The lowest BCUT2D eigenvalue weighted by Gasteiger charge is -2.28. The van der Waals surface area contributed by atoms with Crippen molar-refractivity contribution < 1.29 is 4.42 Å². The average molecular weight is 618 g/mol. The zero-order valence-electron chi connectivity index (χ0n) is 25.4. The van der Waals surface area contributed by atoms with Crippen molar-refractivity contribution in [2.45, 2.75) is 0 Å². The summed E-state index contributed by atoms with van der Waals surface area (Å²) >= 11 is 1.86. The first-order valence-electron chi connectivity index (χ1n) is 15.9. The first kappa shape index (κ1) is 26.3. The minimum absolute atomic E-state index is 0.914. The standard InChI is InChI=1S/C44H27NOS/c1-2-11-32-29(10-1)26-40(35-13-4-3-12-34(32)35)45(31-24-25-38-37-15-6-8-19-42(37)47-43(38)27-31)30-22-20-28(21-23-30)33-16-9-17-39-36-14-5-7-18-41(36)46-44(33)39/h1-27H. The van der Waals surface area contributed by atoms with Crippen LogP contribution in [0.2, 0.25) is 0 Å². The summed E-state index contributed by atoms with van der Waals surface area (Å²) in [5.41, 5.74) is 7.46. The van der Waals surface area contributed by atoms with E-state index in [2.05, 4.69) is 157 Å². The highest BCUT2D eigenvalue weighted by Gasteiger charge is 2.19. The van der Waals surface area contributed by atoms with Crippen molar-refractivity contribution in [2.24, 2.45) is 0 Å². The molecule has 0 fully saturated rings. The van der Waals surface area contributed by atoms with Gasteiger partial charge in [0.15, 0.2) is 0 Å². The van der Waals surface area contributed by atoms with E-state index in [0.29, 0.717) is 0 Å². The zero-order valence-corrected chi connectivity index (χ0v) is 26.2. The summed E-state index contributed by atoms with van der Waals surface area (Å²) in [5, 5.41) is 9.86. The van der Waals surface area contributed by atoms with E-state index in [4.69, 9.17) is 4.42 Å². The van der Waals surface area contributed by atoms with Gasteiger partial charge in [-0.3, -0.25) is 0 Å². The van der Waals surface area contributed by atoms with Gasteiger partial charge in [-0.15, -0.1) is 11.3 Å². The third-order valence-electron chi connectivity index (χ3n) is 9.45. The van der Waals surface area contributed by atoms with E-state index in [1.54, 1.807) is 0 Å². The lowest BCUT2D eigenvalue weighted by Crippen LogP contribution is -2.10. The number of hydrogen-bond donors (Lipinski definition) is 0. The first-order valence-corrected chi connectivity index (χ1v) is 16.7. The molecule has 0 unspecified atom stereocenters. The average Bonchev–Trinajstić information content (AvgIpc) is 3.70. The monoisotopic (exact) mass is 617 g/mol. The molecule has 0 saturated carbocycles. The number of benzene rings is 8. The molecule has 47 heavy (non-hydrogen) atoms. The molecular weight excluding hydrogens is 591 g/mol. The topological polar surface area (TPSA) is 16.4 Å². The Morgan fingerprint density at radius 3 is 1.96 bits per heavy atom. The Labute approximate surface area is 275 Å². The number of thiophene rings is 1. The number of para-hydroxylation sites is 2. The second-order valence-electron chi connectivity index (χ2n) is 12.1. The fourth-order valence-corrected chi connectivity index (χ4v) is 8.40. The van der Waals surface area contributed by atoms with Crippen molar-refractivity contribution >= 4 is 92.1 Å². The number of nitrogens with zero attached hydrogens (tertiary/aromatic N) is 1. The highest BCUT2D eigenvalue weighted by atomic mass is 32.1. The van der Waals surface area contributed by atoms with E-state index in [9.17, 15) is 0 Å². The molecule has 0 atom stereocenters.